The fourth-order valence-electron chi connectivity index (χ4n) is 1.27. The number of hydrogen-bond donors (Lipinski definition) is 1. The molecule has 0 unspecified atom stereocenters. The number of halogens is 1. The number of nitrogens with two attached hydrogens (primary N) is 1. The highest BCUT2D eigenvalue weighted by atomic mass is 127. The first-order valence-electron chi connectivity index (χ1n) is 4.93. The van der Waals surface area contributed by atoms with Gasteiger partial charge in [0.15, 0.2) is 0 Å². The average Bonchev–Trinajstić information content (AvgIpc) is 2.32. The number of rotatable bonds is 3. The molecule has 17 heavy (non-hydrogen) atoms. The predicted octanol–water partition coefficient (Wildman–Crippen LogP) is 3.07. The molecule has 0 radical (unpaired) electrons. The van der Waals surface area contributed by atoms with Gasteiger partial charge in [0, 0.05) is 9.64 Å². The van der Waals surface area contributed by atoms with E-state index in [1.54, 1.807) is 19.2 Å². The number of methoxy groups -OCH3 is 1. The Bertz CT molecular complexity index is 532. The number of nitrogens with zero attached hydrogens (tertiary/aromatic N) is 1. The normalized spacial score (nSPS) is 10.0. The number of aromatic nitrogens is 1. The summed E-state index contributed by atoms with van der Waals surface area (Å²) in [5.74, 6) is 1.52. The second-order valence-electron chi connectivity index (χ2n) is 3.31. The van der Waals surface area contributed by atoms with Crippen molar-refractivity contribution < 1.29 is 9.47 Å². The third-order valence-corrected chi connectivity index (χ3v) is 2.75. The molecule has 1 aromatic carbocycles. The van der Waals surface area contributed by atoms with Crippen LogP contribution < -0.4 is 15.2 Å². The molecule has 0 bridgehead atoms. The molecule has 0 amide bonds. The Balaban J connectivity index is 2.29. The van der Waals surface area contributed by atoms with Crippen LogP contribution in [-0.4, -0.2) is 12.1 Å². The summed E-state index contributed by atoms with van der Waals surface area (Å²) in [4.78, 5) is 4.14. The van der Waals surface area contributed by atoms with Gasteiger partial charge in [-0.05, 0) is 46.9 Å². The van der Waals surface area contributed by atoms with Gasteiger partial charge in [0.05, 0.1) is 12.8 Å². The van der Waals surface area contributed by atoms with Gasteiger partial charge in [-0.25, -0.2) is 0 Å². The van der Waals surface area contributed by atoms with Crippen molar-refractivity contribution >= 4 is 28.3 Å². The van der Waals surface area contributed by atoms with Gasteiger partial charge in [-0.3, -0.25) is 0 Å². The maximum Gasteiger partial charge on any atom is 0.246 e. The Morgan fingerprint density at radius 2 is 2.06 bits per heavy atom. The van der Waals surface area contributed by atoms with Crippen molar-refractivity contribution in [2.75, 3.05) is 12.8 Å². The van der Waals surface area contributed by atoms with Crippen molar-refractivity contribution in [3.05, 3.63) is 40.0 Å². The van der Waals surface area contributed by atoms with Gasteiger partial charge in [-0.2, -0.15) is 4.98 Å². The topological polar surface area (TPSA) is 57.4 Å². The minimum Gasteiger partial charge on any atom is -0.481 e. The molecule has 1 aromatic heterocycles. The average molecular weight is 342 g/mol. The van der Waals surface area contributed by atoms with Crippen LogP contribution in [0.25, 0.3) is 0 Å². The number of ether oxygens (including phenoxy) is 2. The molecule has 0 saturated heterocycles. The quantitative estimate of drug-likeness (QED) is 0.871. The van der Waals surface area contributed by atoms with Crippen molar-refractivity contribution in [1.82, 2.24) is 4.98 Å². The monoisotopic (exact) mass is 342 g/mol. The van der Waals surface area contributed by atoms with Crippen molar-refractivity contribution in [2.45, 2.75) is 0 Å². The lowest BCUT2D eigenvalue weighted by Crippen LogP contribution is -1.97. The lowest BCUT2D eigenvalue weighted by atomic mass is 10.3. The summed E-state index contributed by atoms with van der Waals surface area (Å²) in [5.41, 5.74) is 6.26. The number of anilines is 1. The Morgan fingerprint density at radius 1 is 1.24 bits per heavy atom. The van der Waals surface area contributed by atoms with Crippen LogP contribution in [0.1, 0.15) is 0 Å². The molecule has 0 aliphatic carbocycles. The summed E-state index contributed by atoms with van der Waals surface area (Å²) >= 11 is 2.21. The van der Waals surface area contributed by atoms with Crippen molar-refractivity contribution in [1.29, 1.82) is 0 Å². The Kier molecular flexibility index (Phi) is 3.68. The third kappa shape index (κ3) is 3.00. The van der Waals surface area contributed by atoms with E-state index >= 15 is 0 Å². The maximum absolute atomic E-state index is 5.79. The molecule has 5 heteroatoms. The largest absolute Gasteiger partial charge is 0.481 e. The minimum absolute atomic E-state index is 0.353. The molecule has 4 nitrogen and oxygen atoms in total. The highest BCUT2D eigenvalue weighted by molar-refractivity contribution is 14.1. The highest BCUT2D eigenvalue weighted by Gasteiger charge is 2.06. The van der Waals surface area contributed by atoms with Crippen LogP contribution in [0.2, 0.25) is 0 Å². The van der Waals surface area contributed by atoms with Crippen LogP contribution in [0.5, 0.6) is 17.5 Å². The van der Waals surface area contributed by atoms with E-state index in [0.29, 0.717) is 23.2 Å². The molecular formula is C12H11IN2O2. The molecule has 0 fully saturated rings. The summed E-state index contributed by atoms with van der Waals surface area (Å²) in [7, 11) is 1.55. The molecular weight excluding hydrogens is 331 g/mol. The molecule has 2 aromatic rings. The van der Waals surface area contributed by atoms with Crippen molar-refractivity contribution in [2.24, 2.45) is 0 Å². The summed E-state index contributed by atoms with van der Waals surface area (Å²) in [6.07, 6.45) is 0. The molecule has 2 N–H and O–H groups in total. The van der Waals surface area contributed by atoms with Gasteiger partial charge < -0.3 is 15.2 Å². The molecule has 0 saturated carbocycles. The SMILES string of the molecule is COc1ccc(N)c(Oc2cccc(I)c2)n1. The second kappa shape index (κ2) is 5.22. The van der Waals surface area contributed by atoms with Gasteiger partial charge in [-0.15, -0.1) is 0 Å². The van der Waals surface area contributed by atoms with Gasteiger partial charge in [0.2, 0.25) is 11.8 Å². The summed E-state index contributed by atoms with van der Waals surface area (Å²) < 4.78 is 11.7. The second-order valence-corrected chi connectivity index (χ2v) is 4.55. The summed E-state index contributed by atoms with van der Waals surface area (Å²) in [5, 5.41) is 0. The van der Waals surface area contributed by atoms with Gasteiger partial charge in [0.25, 0.3) is 0 Å². The molecule has 1 heterocycles. The first-order chi connectivity index (χ1) is 8.19. The fraction of sp³-hybridized carbons (Fsp3) is 0.0833. The van der Waals surface area contributed by atoms with E-state index in [1.165, 1.54) is 0 Å². The van der Waals surface area contributed by atoms with Gasteiger partial charge >= 0.3 is 0 Å². The van der Waals surface area contributed by atoms with E-state index in [9.17, 15) is 0 Å². The van der Waals surface area contributed by atoms with Crippen LogP contribution in [0.4, 0.5) is 5.69 Å². The third-order valence-electron chi connectivity index (χ3n) is 2.08. The van der Waals surface area contributed by atoms with Gasteiger partial charge in [-0.1, -0.05) is 6.07 Å². The van der Waals surface area contributed by atoms with E-state index in [-0.39, 0.29) is 0 Å². The first kappa shape index (κ1) is 12.0. The molecule has 0 spiro atoms. The van der Waals surface area contributed by atoms with Crippen LogP contribution >= 0.6 is 22.6 Å². The van der Waals surface area contributed by atoms with Crippen LogP contribution in [0, 0.1) is 3.57 Å². The van der Waals surface area contributed by atoms with E-state index in [4.69, 9.17) is 15.2 Å². The van der Waals surface area contributed by atoms with Gasteiger partial charge in [0.1, 0.15) is 5.75 Å². The highest BCUT2D eigenvalue weighted by Crippen LogP contribution is 2.28. The first-order valence-corrected chi connectivity index (χ1v) is 6.01. The number of benzene rings is 1. The number of pyridine rings is 1. The zero-order chi connectivity index (χ0) is 12.3. The van der Waals surface area contributed by atoms with E-state index in [2.05, 4.69) is 27.6 Å². The lowest BCUT2D eigenvalue weighted by Gasteiger charge is -2.08. The zero-order valence-electron chi connectivity index (χ0n) is 9.18. The molecule has 88 valence electrons. The summed E-state index contributed by atoms with van der Waals surface area (Å²) in [6.45, 7) is 0. The van der Waals surface area contributed by atoms with E-state index < -0.39 is 0 Å². The van der Waals surface area contributed by atoms with E-state index in [0.717, 1.165) is 3.57 Å². The lowest BCUT2D eigenvalue weighted by molar-refractivity contribution is 0.384. The van der Waals surface area contributed by atoms with Crippen molar-refractivity contribution in [3.63, 3.8) is 0 Å². The van der Waals surface area contributed by atoms with Crippen LogP contribution in [0.3, 0.4) is 0 Å². The van der Waals surface area contributed by atoms with Crippen LogP contribution in [-0.2, 0) is 0 Å². The Morgan fingerprint density at radius 3 is 2.76 bits per heavy atom. The van der Waals surface area contributed by atoms with Crippen molar-refractivity contribution in [3.8, 4) is 17.5 Å². The number of nitrogen functional groups attached to an aromatic ring is 1. The Hall–Kier alpha value is -1.50. The number of hydrogen-bond acceptors (Lipinski definition) is 4. The molecule has 0 aliphatic heterocycles. The standard InChI is InChI=1S/C12H11IN2O2/c1-16-11-6-5-10(14)12(15-11)17-9-4-2-3-8(13)7-9/h2-7H,14H2,1H3. The zero-order valence-corrected chi connectivity index (χ0v) is 11.3. The molecule has 2 rings (SSSR count). The van der Waals surface area contributed by atoms with E-state index in [1.807, 2.05) is 24.3 Å². The molecule has 0 atom stereocenters. The Labute approximate surface area is 113 Å². The maximum atomic E-state index is 5.79. The van der Waals surface area contributed by atoms with Crippen LogP contribution in [0.15, 0.2) is 36.4 Å². The molecule has 0 aliphatic rings. The smallest absolute Gasteiger partial charge is 0.246 e. The minimum atomic E-state index is 0.353. The fourth-order valence-corrected chi connectivity index (χ4v) is 1.79. The summed E-state index contributed by atoms with van der Waals surface area (Å²) in [6, 6.07) is 11.0. The predicted molar refractivity (Wildman–Crippen MR) is 74.4 cm³/mol.